The third-order valence-electron chi connectivity index (χ3n) is 6.71. The molecule has 0 spiro atoms. The number of carbonyl (C=O) groups is 3. The van der Waals surface area contributed by atoms with E-state index in [1.807, 2.05) is 4.90 Å². The van der Waals surface area contributed by atoms with E-state index in [9.17, 15) is 22.8 Å². The summed E-state index contributed by atoms with van der Waals surface area (Å²) in [5.74, 6) is -0.236. The van der Waals surface area contributed by atoms with E-state index in [1.165, 1.54) is 11.3 Å². The van der Waals surface area contributed by atoms with Crippen LogP contribution in [-0.2, 0) is 19.4 Å². The number of amides is 3. The fraction of sp³-hybridized carbons (Fsp3) is 0.500. The number of nitrogens with one attached hydrogen (secondary N) is 2. The van der Waals surface area contributed by atoms with Gasteiger partial charge in [0.2, 0.25) is 5.91 Å². The van der Waals surface area contributed by atoms with Gasteiger partial charge in [0.1, 0.15) is 0 Å². The SMILES string of the molecule is O=C(NC(CNC(=O)c1ccc(Cl)s1)COCCN1CCS(=O)(=O)CC1)c1ccc(N2CCCCC2=O)cc1. The van der Waals surface area contributed by atoms with Crippen molar-refractivity contribution in [1.29, 1.82) is 0 Å². The molecule has 2 fully saturated rings. The van der Waals surface area contributed by atoms with Crippen molar-refractivity contribution >= 4 is 56.2 Å². The summed E-state index contributed by atoms with van der Waals surface area (Å²) in [5.41, 5.74) is 1.20. The van der Waals surface area contributed by atoms with Crippen LogP contribution in [0.1, 0.15) is 39.3 Å². The molecule has 0 bridgehead atoms. The lowest BCUT2D eigenvalue weighted by atomic mass is 10.1. The maximum Gasteiger partial charge on any atom is 0.261 e. The molecule has 2 saturated heterocycles. The molecule has 2 aromatic rings. The largest absolute Gasteiger partial charge is 0.378 e. The predicted molar refractivity (Wildman–Crippen MR) is 151 cm³/mol. The standard InChI is InChI=1S/C26H33ClN4O6S2/c27-23-9-8-22(38-23)26(34)28-17-20(18-37-14-11-30-12-15-39(35,36)16-13-30)29-25(33)19-4-6-21(7-5-19)31-10-2-1-3-24(31)32/h4-9,20H,1-3,10-18H2,(H,28,34)(H,29,33). The van der Waals surface area contributed by atoms with Crippen LogP contribution in [0.4, 0.5) is 5.69 Å². The number of benzene rings is 1. The molecule has 212 valence electrons. The van der Waals surface area contributed by atoms with E-state index in [4.69, 9.17) is 16.3 Å². The van der Waals surface area contributed by atoms with Gasteiger partial charge < -0.3 is 20.3 Å². The first-order valence-corrected chi connectivity index (χ1v) is 16.0. The molecule has 0 aliphatic carbocycles. The summed E-state index contributed by atoms with van der Waals surface area (Å²) in [5, 5.41) is 5.75. The summed E-state index contributed by atoms with van der Waals surface area (Å²) < 4.78 is 29.6. The molecular weight excluding hydrogens is 564 g/mol. The quantitative estimate of drug-likeness (QED) is 0.381. The van der Waals surface area contributed by atoms with Crippen LogP contribution in [0.15, 0.2) is 36.4 Å². The van der Waals surface area contributed by atoms with E-state index in [0.29, 0.717) is 54.0 Å². The van der Waals surface area contributed by atoms with E-state index in [2.05, 4.69) is 10.6 Å². The summed E-state index contributed by atoms with van der Waals surface area (Å²) >= 11 is 7.11. The van der Waals surface area contributed by atoms with Crippen molar-refractivity contribution in [1.82, 2.24) is 15.5 Å². The Kier molecular flexibility index (Phi) is 10.4. The molecule has 2 N–H and O–H groups in total. The van der Waals surface area contributed by atoms with Crippen LogP contribution >= 0.6 is 22.9 Å². The Hall–Kier alpha value is -2.51. The van der Waals surface area contributed by atoms with Crippen molar-refractivity contribution in [3.05, 3.63) is 51.2 Å². The third kappa shape index (κ3) is 8.74. The number of halogens is 1. The van der Waals surface area contributed by atoms with Crippen molar-refractivity contribution in [3.63, 3.8) is 0 Å². The van der Waals surface area contributed by atoms with Gasteiger partial charge in [0.05, 0.1) is 40.0 Å². The molecule has 3 amide bonds. The number of piperidine rings is 1. The summed E-state index contributed by atoms with van der Waals surface area (Å²) in [6.07, 6.45) is 2.38. The van der Waals surface area contributed by atoms with Crippen LogP contribution in [0.2, 0.25) is 4.34 Å². The Morgan fingerprint density at radius 2 is 1.77 bits per heavy atom. The molecule has 4 rings (SSSR count). The average Bonchev–Trinajstić information content (AvgIpc) is 3.37. The number of thiophene rings is 1. The van der Waals surface area contributed by atoms with Gasteiger partial charge in [0.15, 0.2) is 9.84 Å². The van der Waals surface area contributed by atoms with Crippen molar-refractivity contribution in [2.24, 2.45) is 0 Å². The molecule has 0 radical (unpaired) electrons. The highest BCUT2D eigenvalue weighted by atomic mass is 35.5. The fourth-order valence-corrected chi connectivity index (χ4v) is 6.66. The lowest BCUT2D eigenvalue weighted by Crippen LogP contribution is -2.47. The van der Waals surface area contributed by atoms with Crippen LogP contribution in [0, 0.1) is 0 Å². The number of sulfone groups is 1. The van der Waals surface area contributed by atoms with E-state index in [-0.39, 0.29) is 42.4 Å². The van der Waals surface area contributed by atoms with E-state index < -0.39 is 15.9 Å². The second kappa shape index (κ2) is 13.7. The molecule has 1 aromatic carbocycles. The topological polar surface area (TPSA) is 125 Å². The average molecular weight is 597 g/mol. The molecule has 10 nitrogen and oxygen atoms in total. The van der Waals surface area contributed by atoms with Gasteiger partial charge in [0.25, 0.3) is 11.8 Å². The molecule has 1 atom stereocenters. The minimum atomic E-state index is -2.95. The molecule has 3 heterocycles. The van der Waals surface area contributed by atoms with Crippen LogP contribution in [0.5, 0.6) is 0 Å². The van der Waals surface area contributed by atoms with E-state index in [0.717, 1.165) is 18.5 Å². The summed E-state index contributed by atoms with van der Waals surface area (Å²) in [6.45, 7) is 2.86. The Morgan fingerprint density at radius 3 is 2.44 bits per heavy atom. The highest BCUT2D eigenvalue weighted by Gasteiger charge is 2.23. The zero-order valence-electron chi connectivity index (χ0n) is 21.6. The lowest BCUT2D eigenvalue weighted by molar-refractivity contribution is -0.119. The zero-order chi connectivity index (χ0) is 27.8. The third-order valence-corrected chi connectivity index (χ3v) is 9.55. The highest BCUT2D eigenvalue weighted by Crippen LogP contribution is 2.22. The fourth-order valence-electron chi connectivity index (χ4n) is 4.42. The molecule has 1 aromatic heterocycles. The maximum atomic E-state index is 13.0. The first kappa shape index (κ1) is 29.5. The molecule has 2 aliphatic heterocycles. The van der Waals surface area contributed by atoms with Crippen LogP contribution < -0.4 is 15.5 Å². The molecule has 13 heteroatoms. The highest BCUT2D eigenvalue weighted by molar-refractivity contribution is 7.91. The monoisotopic (exact) mass is 596 g/mol. The van der Waals surface area contributed by atoms with Gasteiger partial charge in [-0.05, 0) is 49.2 Å². The van der Waals surface area contributed by atoms with Gasteiger partial charge in [-0.1, -0.05) is 11.6 Å². The van der Waals surface area contributed by atoms with Gasteiger partial charge in [-0.15, -0.1) is 11.3 Å². The van der Waals surface area contributed by atoms with Crippen molar-refractivity contribution in [3.8, 4) is 0 Å². The zero-order valence-corrected chi connectivity index (χ0v) is 24.0. The number of nitrogens with zero attached hydrogens (tertiary/aromatic N) is 2. The smallest absolute Gasteiger partial charge is 0.261 e. The minimum absolute atomic E-state index is 0.0876. The number of ether oxygens (including phenoxy) is 1. The first-order valence-electron chi connectivity index (χ1n) is 13.0. The Morgan fingerprint density at radius 1 is 1.03 bits per heavy atom. The summed E-state index contributed by atoms with van der Waals surface area (Å²) in [4.78, 5) is 42.0. The van der Waals surface area contributed by atoms with Crippen LogP contribution in [-0.4, -0.2) is 94.5 Å². The molecule has 39 heavy (non-hydrogen) atoms. The lowest BCUT2D eigenvalue weighted by Gasteiger charge is -2.27. The number of rotatable bonds is 11. The van der Waals surface area contributed by atoms with Gasteiger partial charge in [-0.25, -0.2) is 8.42 Å². The van der Waals surface area contributed by atoms with Crippen molar-refractivity contribution in [2.45, 2.75) is 25.3 Å². The molecule has 2 aliphatic rings. The maximum absolute atomic E-state index is 13.0. The second-order valence-corrected chi connectivity index (χ2v) is 13.6. The second-order valence-electron chi connectivity index (χ2n) is 9.60. The van der Waals surface area contributed by atoms with Gasteiger partial charge >= 0.3 is 0 Å². The van der Waals surface area contributed by atoms with Crippen LogP contribution in [0.3, 0.4) is 0 Å². The Labute approximate surface area is 237 Å². The van der Waals surface area contributed by atoms with Crippen molar-refractivity contribution < 1.29 is 27.5 Å². The first-order chi connectivity index (χ1) is 18.7. The summed E-state index contributed by atoms with van der Waals surface area (Å²) in [6, 6.07) is 9.68. The molecule has 0 saturated carbocycles. The Bertz CT molecular complexity index is 1250. The van der Waals surface area contributed by atoms with Crippen LogP contribution in [0.25, 0.3) is 0 Å². The number of hydrogen-bond donors (Lipinski definition) is 2. The number of carbonyl (C=O) groups excluding carboxylic acids is 3. The minimum Gasteiger partial charge on any atom is -0.378 e. The summed E-state index contributed by atoms with van der Waals surface area (Å²) in [7, 11) is -2.95. The normalized spacial score (nSPS) is 18.5. The molecule has 1 unspecified atom stereocenters. The van der Waals surface area contributed by atoms with Gasteiger partial charge in [-0.2, -0.15) is 0 Å². The van der Waals surface area contributed by atoms with E-state index >= 15 is 0 Å². The van der Waals surface area contributed by atoms with E-state index in [1.54, 1.807) is 41.3 Å². The number of anilines is 1. The Balaban J connectivity index is 1.32. The predicted octanol–water partition coefficient (Wildman–Crippen LogP) is 2.19. The number of hydrogen-bond acceptors (Lipinski definition) is 8. The van der Waals surface area contributed by atoms with Gasteiger partial charge in [0, 0.05) is 50.4 Å². The van der Waals surface area contributed by atoms with Crippen molar-refractivity contribution in [2.75, 3.05) is 62.3 Å². The molecular formula is C26H33ClN4O6S2. The van der Waals surface area contributed by atoms with Gasteiger partial charge in [-0.3, -0.25) is 19.3 Å².